The summed E-state index contributed by atoms with van der Waals surface area (Å²) in [6.45, 7) is 2.13. The zero-order valence-electron chi connectivity index (χ0n) is 11.1. The van der Waals surface area contributed by atoms with Crippen LogP contribution in [0.1, 0.15) is 24.0 Å². The molecule has 0 amide bonds. The van der Waals surface area contributed by atoms with E-state index in [0.717, 1.165) is 25.3 Å². The quantitative estimate of drug-likeness (QED) is 0.896. The lowest BCUT2D eigenvalue weighted by molar-refractivity contribution is 0.0972. The summed E-state index contributed by atoms with van der Waals surface area (Å²) < 4.78 is 0. The van der Waals surface area contributed by atoms with Crippen LogP contribution in [-0.2, 0) is 12.8 Å². The molecule has 1 aromatic rings. The third-order valence-electron chi connectivity index (χ3n) is 4.56. The van der Waals surface area contributed by atoms with E-state index in [0.29, 0.717) is 11.8 Å². The highest BCUT2D eigenvalue weighted by Crippen LogP contribution is 2.36. The molecule has 0 aromatic heterocycles. The Morgan fingerprint density at radius 1 is 1.32 bits per heavy atom. The van der Waals surface area contributed by atoms with Gasteiger partial charge in [0, 0.05) is 18.1 Å². The largest absolute Gasteiger partial charge is 0.508 e. The molecule has 1 aromatic carbocycles. The van der Waals surface area contributed by atoms with E-state index in [1.807, 2.05) is 18.2 Å². The number of likely N-dealkylation sites (tertiary alicyclic amines) is 1. The Morgan fingerprint density at radius 2 is 2.21 bits per heavy atom. The van der Waals surface area contributed by atoms with Crippen molar-refractivity contribution < 1.29 is 5.11 Å². The van der Waals surface area contributed by atoms with Gasteiger partial charge in [0.25, 0.3) is 0 Å². The van der Waals surface area contributed by atoms with Crippen molar-refractivity contribution >= 4 is 11.6 Å². The molecule has 2 aliphatic rings. The number of aromatic hydroxyl groups is 1. The van der Waals surface area contributed by atoms with Gasteiger partial charge in [0.1, 0.15) is 5.75 Å². The lowest BCUT2D eigenvalue weighted by Gasteiger charge is -2.44. The molecule has 2 atom stereocenters. The summed E-state index contributed by atoms with van der Waals surface area (Å²) in [5.41, 5.74) is 4.37. The van der Waals surface area contributed by atoms with Crippen molar-refractivity contribution in [3.63, 3.8) is 0 Å². The fourth-order valence-electron chi connectivity index (χ4n) is 3.66. The number of fused-ring (bicyclic) bond motifs is 2. The van der Waals surface area contributed by atoms with Crippen molar-refractivity contribution in [3.8, 4) is 5.75 Å². The highest BCUT2D eigenvalue weighted by Gasteiger charge is 2.34. The summed E-state index contributed by atoms with van der Waals surface area (Å²) in [6.07, 6.45) is 6.83. The van der Waals surface area contributed by atoms with Gasteiger partial charge < -0.3 is 5.11 Å². The third kappa shape index (κ3) is 2.65. The van der Waals surface area contributed by atoms with E-state index in [4.69, 9.17) is 11.6 Å². The van der Waals surface area contributed by atoms with Crippen molar-refractivity contribution in [1.82, 2.24) is 4.90 Å². The van der Waals surface area contributed by atoms with Crippen LogP contribution in [0.3, 0.4) is 0 Å². The predicted octanol–water partition coefficient (Wildman–Crippen LogP) is 3.32. The highest BCUT2D eigenvalue weighted by molar-refractivity contribution is 6.25. The van der Waals surface area contributed by atoms with Crippen molar-refractivity contribution in [2.24, 2.45) is 5.92 Å². The van der Waals surface area contributed by atoms with Crippen LogP contribution in [0.2, 0.25) is 0 Å². The van der Waals surface area contributed by atoms with Crippen molar-refractivity contribution in [1.29, 1.82) is 0 Å². The zero-order chi connectivity index (χ0) is 13.2. The molecule has 1 heterocycles. The number of nitrogens with zero attached hydrogens (tertiary/aromatic N) is 1. The maximum Gasteiger partial charge on any atom is 0.115 e. The van der Waals surface area contributed by atoms with E-state index in [1.54, 1.807) is 5.54 Å². The SMILES string of the molecule is Oc1ccc2c(c1)CC1CCCN(C/C=C/Cl)C1C2. The van der Waals surface area contributed by atoms with Gasteiger partial charge in [0.05, 0.1) is 0 Å². The lowest BCUT2D eigenvalue weighted by Crippen LogP contribution is -2.49. The molecule has 2 nitrogen and oxygen atoms in total. The Morgan fingerprint density at radius 3 is 3.05 bits per heavy atom. The van der Waals surface area contributed by atoms with Crippen molar-refractivity contribution in [3.05, 3.63) is 40.9 Å². The van der Waals surface area contributed by atoms with Crippen LogP contribution in [-0.4, -0.2) is 29.1 Å². The number of rotatable bonds is 2. The Labute approximate surface area is 119 Å². The van der Waals surface area contributed by atoms with E-state index in [-0.39, 0.29) is 0 Å². The van der Waals surface area contributed by atoms with Crippen LogP contribution in [0.4, 0.5) is 0 Å². The average molecular weight is 278 g/mol. The monoisotopic (exact) mass is 277 g/mol. The van der Waals surface area contributed by atoms with E-state index >= 15 is 0 Å². The second-order valence-corrected chi connectivity index (χ2v) is 5.94. The van der Waals surface area contributed by atoms with Gasteiger partial charge in [-0.05, 0) is 61.4 Å². The van der Waals surface area contributed by atoms with E-state index in [2.05, 4.69) is 11.0 Å². The highest BCUT2D eigenvalue weighted by atomic mass is 35.5. The second kappa shape index (κ2) is 5.56. The third-order valence-corrected chi connectivity index (χ3v) is 4.74. The van der Waals surface area contributed by atoms with Crippen LogP contribution in [0.15, 0.2) is 29.8 Å². The number of hydrogen-bond donors (Lipinski definition) is 1. The maximum absolute atomic E-state index is 9.62. The van der Waals surface area contributed by atoms with Crippen LogP contribution < -0.4 is 0 Å². The van der Waals surface area contributed by atoms with Gasteiger partial charge in [0.15, 0.2) is 0 Å². The molecule has 2 unspecified atom stereocenters. The molecule has 102 valence electrons. The Balaban J connectivity index is 1.83. The Bertz CT molecular complexity index is 486. The number of hydrogen-bond acceptors (Lipinski definition) is 2. The molecule has 1 fully saturated rings. The number of phenols is 1. The van der Waals surface area contributed by atoms with Gasteiger partial charge >= 0.3 is 0 Å². The summed E-state index contributed by atoms with van der Waals surface area (Å²) >= 11 is 5.66. The summed E-state index contributed by atoms with van der Waals surface area (Å²) in [4.78, 5) is 2.56. The van der Waals surface area contributed by atoms with E-state index < -0.39 is 0 Å². The van der Waals surface area contributed by atoms with Gasteiger partial charge in [-0.25, -0.2) is 0 Å². The van der Waals surface area contributed by atoms with Gasteiger partial charge in [0.2, 0.25) is 0 Å². The first kappa shape index (κ1) is 13.0. The van der Waals surface area contributed by atoms with Crippen LogP contribution in [0, 0.1) is 5.92 Å². The summed E-state index contributed by atoms with van der Waals surface area (Å²) in [7, 11) is 0. The van der Waals surface area contributed by atoms with Crippen molar-refractivity contribution in [2.45, 2.75) is 31.7 Å². The molecule has 0 bridgehead atoms. The molecule has 1 aliphatic heterocycles. The molecule has 0 saturated carbocycles. The molecule has 3 rings (SSSR count). The first-order valence-corrected chi connectivity index (χ1v) is 7.51. The molecule has 0 spiro atoms. The van der Waals surface area contributed by atoms with E-state index in [1.165, 1.54) is 30.5 Å². The van der Waals surface area contributed by atoms with Crippen LogP contribution in [0.25, 0.3) is 0 Å². The first-order valence-electron chi connectivity index (χ1n) is 7.08. The topological polar surface area (TPSA) is 23.5 Å². The second-order valence-electron chi connectivity index (χ2n) is 5.69. The fraction of sp³-hybridized carbons (Fsp3) is 0.500. The predicted molar refractivity (Wildman–Crippen MR) is 78.6 cm³/mol. The molecule has 19 heavy (non-hydrogen) atoms. The minimum atomic E-state index is 0.398. The van der Waals surface area contributed by atoms with Crippen LogP contribution >= 0.6 is 11.6 Å². The van der Waals surface area contributed by atoms with Crippen LogP contribution in [0.5, 0.6) is 5.75 Å². The van der Waals surface area contributed by atoms with Crippen molar-refractivity contribution in [2.75, 3.05) is 13.1 Å². The van der Waals surface area contributed by atoms with Gasteiger partial charge in [-0.3, -0.25) is 4.90 Å². The molecule has 1 N–H and O–H groups in total. The minimum absolute atomic E-state index is 0.398. The van der Waals surface area contributed by atoms with E-state index in [9.17, 15) is 5.11 Å². The zero-order valence-corrected chi connectivity index (χ0v) is 11.8. The first-order chi connectivity index (χ1) is 9.28. The Kier molecular flexibility index (Phi) is 3.81. The molecule has 1 saturated heterocycles. The van der Waals surface area contributed by atoms with Gasteiger partial charge in [-0.15, -0.1) is 0 Å². The maximum atomic E-state index is 9.62. The number of benzene rings is 1. The summed E-state index contributed by atoms with van der Waals surface area (Å²) in [5.74, 6) is 1.13. The lowest BCUT2D eigenvalue weighted by atomic mass is 9.75. The molecule has 1 aliphatic carbocycles. The minimum Gasteiger partial charge on any atom is -0.508 e. The average Bonchev–Trinajstić information content (AvgIpc) is 2.42. The molecule has 3 heteroatoms. The molecular formula is C16H20ClNO. The molecule has 0 radical (unpaired) electrons. The standard InChI is InChI=1S/C16H20ClNO/c17-6-2-8-18-7-1-3-13-9-14-10-15(19)5-4-12(14)11-16(13)18/h2,4-6,10,13,16,19H,1,3,7-9,11H2/b6-2+. The van der Waals surface area contributed by atoms with Gasteiger partial charge in [-0.2, -0.15) is 0 Å². The Hall–Kier alpha value is -0.990. The normalized spacial score (nSPS) is 27.2. The smallest absolute Gasteiger partial charge is 0.115 e. The van der Waals surface area contributed by atoms with Gasteiger partial charge in [-0.1, -0.05) is 23.7 Å². The number of piperidine rings is 1. The summed E-state index contributed by atoms with van der Waals surface area (Å²) in [6, 6.07) is 6.48. The fourth-order valence-corrected chi connectivity index (χ4v) is 3.74. The number of phenolic OH excluding ortho intramolecular Hbond substituents is 1. The summed E-state index contributed by atoms with van der Waals surface area (Å²) in [5, 5.41) is 9.62. The molecular weight excluding hydrogens is 258 g/mol. The number of halogens is 1.